The zero-order chi connectivity index (χ0) is 27.5. The maximum Gasteiger partial charge on any atom is 0.410 e. The Morgan fingerprint density at radius 1 is 0.947 bits per heavy atom. The number of fused-ring (bicyclic) bond motifs is 1. The number of hydrogen-bond acceptors (Lipinski definition) is 6. The number of carbonyl (C=O) groups excluding carboxylic acids is 2. The second-order valence-corrected chi connectivity index (χ2v) is 17.7. The molecule has 0 atom stereocenters. The molecule has 1 amide bonds. The van der Waals surface area contributed by atoms with E-state index in [0.29, 0.717) is 25.3 Å². The van der Waals surface area contributed by atoms with Gasteiger partial charge in [0.25, 0.3) is 0 Å². The molecule has 1 saturated heterocycles. The van der Waals surface area contributed by atoms with Crippen molar-refractivity contribution in [2.24, 2.45) is 0 Å². The molecule has 1 fully saturated rings. The van der Waals surface area contributed by atoms with Gasteiger partial charge in [0.1, 0.15) is 5.60 Å². The van der Waals surface area contributed by atoms with Crippen molar-refractivity contribution in [3.8, 4) is 11.1 Å². The highest BCUT2D eigenvalue weighted by Gasteiger charge is 2.26. The molecule has 1 aliphatic rings. The predicted octanol–water partition coefficient (Wildman–Crippen LogP) is 6.45. The van der Waals surface area contributed by atoms with Gasteiger partial charge in [-0.25, -0.2) is 9.59 Å². The summed E-state index contributed by atoms with van der Waals surface area (Å²) in [6.07, 6.45) is 3.41. The third kappa shape index (κ3) is 7.13. The number of rotatable bonds is 6. The zero-order valence-electron chi connectivity index (χ0n) is 23.4. The van der Waals surface area contributed by atoms with Gasteiger partial charge in [0.05, 0.1) is 12.2 Å². The van der Waals surface area contributed by atoms with Gasteiger partial charge in [0, 0.05) is 63.3 Å². The lowest BCUT2D eigenvalue weighted by atomic mass is 9.99. The van der Waals surface area contributed by atoms with Crippen LogP contribution in [-0.4, -0.2) is 68.4 Å². The Morgan fingerprint density at radius 3 is 2.26 bits per heavy atom. The molecule has 38 heavy (non-hydrogen) atoms. The number of aromatic nitrogens is 1. The third-order valence-electron chi connectivity index (χ3n) is 6.56. The van der Waals surface area contributed by atoms with Gasteiger partial charge in [-0.3, -0.25) is 4.98 Å². The molecule has 4 rings (SSSR count). The number of hydrogen-bond donors (Lipinski definition) is 0. The molecule has 0 saturated carbocycles. The first-order valence-corrected chi connectivity index (χ1v) is 17.0. The fraction of sp³-hybridized carbons (Fsp3) is 0.433. The lowest BCUT2D eigenvalue weighted by molar-refractivity contribution is 0.0240. The number of benzene rings is 2. The Balaban J connectivity index is 1.46. The second kappa shape index (κ2) is 11.2. The molecule has 8 heteroatoms. The van der Waals surface area contributed by atoms with Crippen LogP contribution in [0.3, 0.4) is 0 Å². The number of anilines is 1. The zero-order valence-corrected chi connectivity index (χ0v) is 24.4. The average Bonchev–Trinajstić information content (AvgIpc) is 2.86. The molecule has 7 nitrogen and oxygen atoms in total. The van der Waals surface area contributed by atoms with Crippen molar-refractivity contribution < 1.29 is 19.1 Å². The number of nitrogens with zero attached hydrogens (tertiary/aromatic N) is 3. The highest BCUT2D eigenvalue weighted by Crippen LogP contribution is 2.30. The monoisotopic (exact) mass is 533 g/mol. The van der Waals surface area contributed by atoms with Crippen LogP contribution < -0.4 is 4.90 Å². The SMILES string of the molecule is CC(C)(C)OC(=O)N1CCN(c2ccc(-c3cncc4ccc(C(=O)OCC[Si](C)(C)C)cc34)cc2)CC1. The van der Waals surface area contributed by atoms with Crippen molar-refractivity contribution >= 4 is 36.6 Å². The summed E-state index contributed by atoms with van der Waals surface area (Å²) in [5.41, 5.74) is 3.18. The molecule has 2 aromatic carbocycles. The Kier molecular flexibility index (Phi) is 8.11. The fourth-order valence-electron chi connectivity index (χ4n) is 4.38. The van der Waals surface area contributed by atoms with Gasteiger partial charge >= 0.3 is 12.1 Å². The van der Waals surface area contributed by atoms with Crippen LogP contribution in [0.2, 0.25) is 25.7 Å². The van der Waals surface area contributed by atoms with Crippen LogP contribution in [0.15, 0.2) is 54.9 Å². The summed E-state index contributed by atoms with van der Waals surface area (Å²) < 4.78 is 11.1. The first-order valence-electron chi connectivity index (χ1n) is 13.3. The Morgan fingerprint density at radius 2 is 1.63 bits per heavy atom. The van der Waals surface area contributed by atoms with E-state index in [1.54, 1.807) is 4.90 Å². The van der Waals surface area contributed by atoms with E-state index in [1.165, 1.54) is 0 Å². The van der Waals surface area contributed by atoms with E-state index in [9.17, 15) is 9.59 Å². The summed E-state index contributed by atoms with van der Waals surface area (Å²) in [6.45, 7) is 15.7. The molecular formula is C30H39N3O4Si. The standard InChI is InChI=1S/C30H39N3O4Si/c1-30(2,3)37-29(35)33-15-13-32(14-16-33)25-11-9-22(10-12-25)27-21-31-20-24-8-7-23(19-26(24)27)28(34)36-17-18-38(4,5)6/h7-12,19-21H,13-18H2,1-6H3. The first-order chi connectivity index (χ1) is 17.9. The predicted molar refractivity (Wildman–Crippen MR) is 156 cm³/mol. The van der Waals surface area contributed by atoms with Crippen molar-refractivity contribution in [1.29, 1.82) is 0 Å². The Labute approximate surface area is 226 Å². The van der Waals surface area contributed by atoms with Gasteiger partial charge in [0.15, 0.2) is 0 Å². The van der Waals surface area contributed by atoms with E-state index in [2.05, 4.69) is 53.8 Å². The number of pyridine rings is 1. The van der Waals surface area contributed by atoms with Crippen LogP contribution in [0.25, 0.3) is 21.9 Å². The van der Waals surface area contributed by atoms with Gasteiger partial charge in [-0.05, 0) is 62.0 Å². The van der Waals surface area contributed by atoms with Gasteiger partial charge < -0.3 is 19.3 Å². The second-order valence-electron chi connectivity index (χ2n) is 12.1. The highest BCUT2D eigenvalue weighted by molar-refractivity contribution is 6.76. The van der Waals surface area contributed by atoms with Crippen LogP contribution in [0, 0.1) is 0 Å². The number of ether oxygens (including phenoxy) is 2. The van der Waals surface area contributed by atoms with Crippen molar-refractivity contribution in [3.63, 3.8) is 0 Å². The van der Waals surface area contributed by atoms with E-state index < -0.39 is 13.7 Å². The van der Waals surface area contributed by atoms with Crippen LogP contribution in [0.4, 0.5) is 10.5 Å². The molecule has 202 valence electrons. The van der Waals surface area contributed by atoms with E-state index in [-0.39, 0.29) is 12.1 Å². The molecule has 1 aromatic heterocycles. The molecule has 0 radical (unpaired) electrons. The molecular weight excluding hydrogens is 494 g/mol. The Bertz CT molecular complexity index is 1290. The topological polar surface area (TPSA) is 72.0 Å². The minimum atomic E-state index is -1.27. The molecule has 0 aliphatic carbocycles. The van der Waals surface area contributed by atoms with Gasteiger partial charge in [-0.2, -0.15) is 0 Å². The molecule has 3 aromatic rings. The number of esters is 1. The van der Waals surface area contributed by atoms with Crippen molar-refractivity contribution in [1.82, 2.24) is 9.88 Å². The molecule has 0 bridgehead atoms. The lowest BCUT2D eigenvalue weighted by Crippen LogP contribution is -2.50. The average molecular weight is 534 g/mol. The summed E-state index contributed by atoms with van der Waals surface area (Å²) in [6, 6.07) is 15.0. The maximum atomic E-state index is 12.7. The van der Waals surface area contributed by atoms with Crippen LogP contribution >= 0.6 is 0 Å². The maximum absolute atomic E-state index is 12.7. The minimum absolute atomic E-state index is 0.254. The smallest absolute Gasteiger partial charge is 0.410 e. The van der Waals surface area contributed by atoms with Crippen molar-refractivity contribution in [2.45, 2.75) is 52.1 Å². The lowest BCUT2D eigenvalue weighted by Gasteiger charge is -2.36. The van der Waals surface area contributed by atoms with E-state index in [4.69, 9.17) is 9.47 Å². The highest BCUT2D eigenvalue weighted by atomic mass is 28.3. The number of piperazine rings is 1. The summed E-state index contributed by atoms with van der Waals surface area (Å²) >= 11 is 0. The van der Waals surface area contributed by atoms with Gasteiger partial charge in [0.2, 0.25) is 0 Å². The van der Waals surface area contributed by atoms with E-state index in [0.717, 1.165) is 46.7 Å². The van der Waals surface area contributed by atoms with E-state index >= 15 is 0 Å². The molecule has 0 N–H and O–H groups in total. The first kappa shape index (κ1) is 27.6. The third-order valence-corrected chi connectivity index (χ3v) is 8.26. The fourth-order valence-corrected chi connectivity index (χ4v) is 5.09. The Hall–Kier alpha value is -3.39. The van der Waals surface area contributed by atoms with Crippen LogP contribution in [0.5, 0.6) is 0 Å². The minimum Gasteiger partial charge on any atom is -0.462 e. The van der Waals surface area contributed by atoms with Gasteiger partial charge in [-0.15, -0.1) is 0 Å². The molecule has 0 unspecified atom stereocenters. The molecule has 0 spiro atoms. The van der Waals surface area contributed by atoms with Crippen LogP contribution in [-0.2, 0) is 9.47 Å². The summed E-state index contributed by atoms with van der Waals surface area (Å²) in [4.78, 5) is 33.6. The van der Waals surface area contributed by atoms with Gasteiger partial charge in [-0.1, -0.05) is 37.8 Å². The van der Waals surface area contributed by atoms with Crippen molar-refractivity contribution in [3.05, 3.63) is 60.4 Å². The molecule has 1 aliphatic heterocycles. The summed E-state index contributed by atoms with van der Waals surface area (Å²) in [5.74, 6) is -0.284. The molecule has 2 heterocycles. The summed E-state index contributed by atoms with van der Waals surface area (Å²) in [5, 5.41) is 1.95. The quantitative estimate of drug-likeness (QED) is 0.268. The number of carbonyl (C=O) groups is 2. The number of amides is 1. The van der Waals surface area contributed by atoms with Crippen molar-refractivity contribution in [2.75, 3.05) is 37.7 Å². The van der Waals surface area contributed by atoms with E-state index in [1.807, 2.05) is 51.4 Å². The summed E-state index contributed by atoms with van der Waals surface area (Å²) in [7, 11) is -1.27. The van der Waals surface area contributed by atoms with Crippen LogP contribution in [0.1, 0.15) is 31.1 Å². The normalized spacial score (nSPS) is 14.5. The largest absolute Gasteiger partial charge is 0.462 e.